The minimum atomic E-state index is -0.389. The Balaban J connectivity index is 1.94. The van der Waals surface area contributed by atoms with E-state index in [1.165, 1.54) is 6.07 Å². The second-order valence-electron chi connectivity index (χ2n) is 6.17. The Morgan fingerprint density at radius 3 is 2.56 bits per heavy atom. The van der Waals surface area contributed by atoms with Gasteiger partial charge in [0.2, 0.25) is 5.43 Å². The Labute approximate surface area is 153 Å². The summed E-state index contributed by atoms with van der Waals surface area (Å²) in [7, 11) is 0. The summed E-state index contributed by atoms with van der Waals surface area (Å²) in [4.78, 5) is 25.4. The van der Waals surface area contributed by atoms with Gasteiger partial charge in [-0.05, 0) is 42.2 Å². The fourth-order valence-electron chi connectivity index (χ4n) is 3.53. The number of carbonyl (C=O) groups excluding carboxylic acids is 1. The molecule has 0 spiro atoms. The van der Waals surface area contributed by atoms with E-state index in [-0.39, 0.29) is 34.5 Å². The van der Waals surface area contributed by atoms with Gasteiger partial charge in [0.25, 0.3) is 0 Å². The van der Waals surface area contributed by atoms with E-state index in [1.807, 2.05) is 18.2 Å². The number of benzene rings is 2. The largest absolute Gasteiger partial charge is 0.428 e. The van der Waals surface area contributed by atoms with Crippen molar-refractivity contribution in [1.29, 1.82) is 0 Å². The number of hydrogen-bond acceptors (Lipinski definition) is 3. The van der Waals surface area contributed by atoms with Crippen LogP contribution in [0.1, 0.15) is 34.0 Å². The monoisotopic (exact) mass is 373 g/mol. The van der Waals surface area contributed by atoms with Gasteiger partial charge < -0.3 is 5.21 Å². The zero-order valence-electron chi connectivity index (χ0n) is 13.0. The molecular formula is C19H13Cl2NO3. The highest BCUT2D eigenvalue weighted by Gasteiger charge is 2.32. The molecule has 0 fully saturated rings. The van der Waals surface area contributed by atoms with Crippen molar-refractivity contribution in [2.45, 2.75) is 18.8 Å². The molecule has 2 aromatic carbocycles. The van der Waals surface area contributed by atoms with Crippen molar-refractivity contribution >= 4 is 39.9 Å². The Kier molecular flexibility index (Phi) is 3.82. The number of halogens is 2. The minimum absolute atomic E-state index is 0.0422. The van der Waals surface area contributed by atoms with Crippen LogP contribution in [0.15, 0.2) is 47.3 Å². The molecule has 4 rings (SSSR count). The Hall–Kier alpha value is -2.30. The highest BCUT2D eigenvalue weighted by atomic mass is 35.5. The fourth-order valence-corrected chi connectivity index (χ4v) is 3.99. The molecule has 0 saturated heterocycles. The van der Waals surface area contributed by atoms with Crippen LogP contribution in [0, 0.1) is 0 Å². The van der Waals surface area contributed by atoms with E-state index in [9.17, 15) is 14.8 Å². The first-order valence-corrected chi connectivity index (χ1v) is 8.57. The lowest BCUT2D eigenvalue weighted by molar-refractivity contribution is 0.0949. The number of nitrogens with zero attached hydrogens (tertiary/aromatic N) is 1. The zero-order valence-corrected chi connectivity index (χ0v) is 14.5. The van der Waals surface area contributed by atoms with Crippen LogP contribution in [0.2, 0.25) is 10.0 Å². The maximum Gasteiger partial charge on any atom is 0.200 e. The summed E-state index contributed by atoms with van der Waals surface area (Å²) in [5.74, 6) is -0.475. The summed E-state index contributed by atoms with van der Waals surface area (Å²) in [6.07, 6.45) is 0.535. The third-order valence-corrected chi connectivity index (χ3v) is 5.28. The summed E-state index contributed by atoms with van der Waals surface area (Å²) < 4.78 is 0.934. The van der Waals surface area contributed by atoms with Crippen LogP contribution in [0.3, 0.4) is 0 Å². The number of pyridine rings is 1. The number of carbonyl (C=O) groups is 1. The lowest BCUT2D eigenvalue weighted by Crippen LogP contribution is -2.30. The SMILES string of the molecule is O=C1CC(c2ccccc2Cl)Cc2c1c(=O)c1cc(Cl)ccc1n2O. The molecule has 0 aliphatic heterocycles. The lowest BCUT2D eigenvalue weighted by atomic mass is 9.81. The van der Waals surface area contributed by atoms with Gasteiger partial charge in [-0.25, -0.2) is 0 Å². The van der Waals surface area contributed by atoms with Gasteiger partial charge in [0.15, 0.2) is 5.78 Å². The van der Waals surface area contributed by atoms with Crippen LogP contribution in [0.4, 0.5) is 0 Å². The van der Waals surface area contributed by atoms with Crippen LogP contribution >= 0.6 is 23.2 Å². The Morgan fingerprint density at radius 1 is 1.04 bits per heavy atom. The van der Waals surface area contributed by atoms with E-state index in [0.717, 1.165) is 10.3 Å². The molecule has 0 radical (unpaired) electrons. The van der Waals surface area contributed by atoms with Gasteiger partial charge in [0.1, 0.15) is 0 Å². The normalized spacial score (nSPS) is 16.9. The van der Waals surface area contributed by atoms with Crippen LogP contribution in [-0.2, 0) is 6.42 Å². The van der Waals surface area contributed by atoms with E-state index in [1.54, 1.807) is 18.2 Å². The molecule has 1 heterocycles. The zero-order chi connectivity index (χ0) is 17.7. The molecule has 4 nitrogen and oxygen atoms in total. The molecule has 0 saturated carbocycles. The highest BCUT2D eigenvalue weighted by molar-refractivity contribution is 6.31. The number of fused-ring (bicyclic) bond motifs is 2. The molecule has 126 valence electrons. The van der Waals surface area contributed by atoms with Crippen molar-refractivity contribution in [2.75, 3.05) is 0 Å². The molecule has 1 unspecified atom stereocenters. The number of Topliss-reactive ketones (excluding diaryl/α,β-unsaturated/α-hetero) is 1. The standard InChI is InChI=1S/C19H13Cl2NO3/c20-11-5-6-15-13(9-11)19(24)18-16(22(15)25)7-10(8-17(18)23)12-3-1-2-4-14(12)21/h1-6,9-10,25H,7-8H2. The molecule has 1 atom stereocenters. The maximum atomic E-state index is 12.8. The molecule has 25 heavy (non-hydrogen) atoms. The number of rotatable bonds is 1. The predicted octanol–water partition coefficient (Wildman–Crippen LogP) is 4.46. The number of ketones is 1. The molecule has 6 heteroatoms. The van der Waals surface area contributed by atoms with Crippen molar-refractivity contribution in [3.63, 3.8) is 0 Å². The number of aromatic nitrogens is 1. The Bertz CT molecular complexity index is 1090. The van der Waals surface area contributed by atoms with Gasteiger partial charge in [0.05, 0.1) is 22.2 Å². The quantitative estimate of drug-likeness (QED) is 0.640. The molecule has 0 amide bonds. The predicted molar refractivity (Wildman–Crippen MR) is 97.2 cm³/mol. The summed E-state index contributed by atoms with van der Waals surface area (Å²) >= 11 is 12.2. The van der Waals surface area contributed by atoms with Crippen LogP contribution in [0.5, 0.6) is 0 Å². The maximum absolute atomic E-state index is 12.8. The van der Waals surface area contributed by atoms with Crippen LogP contribution < -0.4 is 5.43 Å². The van der Waals surface area contributed by atoms with Gasteiger partial charge in [-0.1, -0.05) is 41.4 Å². The first-order valence-electron chi connectivity index (χ1n) is 7.81. The van der Waals surface area contributed by atoms with E-state index in [4.69, 9.17) is 23.2 Å². The van der Waals surface area contributed by atoms with E-state index in [0.29, 0.717) is 27.7 Å². The third-order valence-electron chi connectivity index (χ3n) is 4.70. The average Bonchev–Trinajstić information content (AvgIpc) is 2.59. The van der Waals surface area contributed by atoms with Gasteiger partial charge in [-0.2, -0.15) is 4.73 Å². The molecule has 1 aliphatic carbocycles. The fraction of sp³-hybridized carbons (Fsp3) is 0.158. The minimum Gasteiger partial charge on any atom is -0.428 e. The van der Waals surface area contributed by atoms with Gasteiger partial charge in [-0.15, -0.1) is 0 Å². The van der Waals surface area contributed by atoms with E-state index in [2.05, 4.69) is 0 Å². The van der Waals surface area contributed by atoms with Gasteiger partial charge in [0, 0.05) is 16.5 Å². The van der Waals surface area contributed by atoms with Crippen molar-refractivity contribution in [3.8, 4) is 0 Å². The first-order chi connectivity index (χ1) is 12.0. The number of hydrogen-bond donors (Lipinski definition) is 1. The van der Waals surface area contributed by atoms with Crippen LogP contribution in [-0.4, -0.2) is 15.7 Å². The first kappa shape index (κ1) is 16.2. The van der Waals surface area contributed by atoms with Crippen molar-refractivity contribution in [3.05, 3.63) is 79.6 Å². The molecule has 1 N–H and O–H groups in total. The smallest absolute Gasteiger partial charge is 0.200 e. The topological polar surface area (TPSA) is 59.3 Å². The summed E-state index contributed by atoms with van der Waals surface area (Å²) in [6.45, 7) is 0. The van der Waals surface area contributed by atoms with Gasteiger partial charge >= 0.3 is 0 Å². The summed E-state index contributed by atoms with van der Waals surface area (Å²) in [5, 5.41) is 11.8. The molecular weight excluding hydrogens is 361 g/mol. The second-order valence-corrected chi connectivity index (χ2v) is 7.02. The summed E-state index contributed by atoms with van der Waals surface area (Å²) in [5.41, 5.74) is 1.15. The van der Waals surface area contributed by atoms with Gasteiger partial charge in [-0.3, -0.25) is 9.59 Å². The van der Waals surface area contributed by atoms with Crippen molar-refractivity contribution in [2.24, 2.45) is 0 Å². The van der Waals surface area contributed by atoms with Crippen molar-refractivity contribution in [1.82, 2.24) is 4.73 Å². The molecule has 3 aromatic rings. The lowest BCUT2D eigenvalue weighted by Gasteiger charge is -2.26. The van der Waals surface area contributed by atoms with Crippen molar-refractivity contribution < 1.29 is 10.0 Å². The van der Waals surface area contributed by atoms with E-state index >= 15 is 0 Å². The molecule has 1 aliphatic rings. The Morgan fingerprint density at radius 2 is 1.80 bits per heavy atom. The third kappa shape index (κ3) is 2.53. The molecule has 0 bridgehead atoms. The highest BCUT2D eigenvalue weighted by Crippen LogP contribution is 2.35. The summed E-state index contributed by atoms with van der Waals surface area (Å²) in [6, 6.07) is 12.0. The average molecular weight is 374 g/mol. The molecule has 1 aromatic heterocycles. The second kappa shape index (κ2) is 5.90. The van der Waals surface area contributed by atoms with E-state index < -0.39 is 0 Å². The van der Waals surface area contributed by atoms with Crippen LogP contribution in [0.25, 0.3) is 10.9 Å².